The minimum atomic E-state index is 0.0364. The Morgan fingerprint density at radius 3 is 2.80 bits per heavy atom. The number of hydrogen-bond donors (Lipinski definition) is 1. The standard InChI is InChI=1S/C20H26N2O2S/c1-20(2)18(13-7-9-22(20)10-8-13)21-19(23)16-11-14-5-4-6-15(12-24-3)17(14)25-16/h4-6,11,13,18H,7-10,12H2,1-3H3,(H,21,23)/t18-/m0/s1. The average Bonchev–Trinajstić information content (AvgIpc) is 3.04. The van der Waals surface area contributed by atoms with Crippen molar-refractivity contribution in [2.45, 2.75) is 44.9 Å². The van der Waals surface area contributed by atoms with Gasteiger partial charge in [0, 0.05) is 23.4 Å². The van der Waals surface area contributed by atoms with E-state index in [1.54, 1.807) is 18.4 Å². The van der Waals surface area contributed by atoms with Crippen molar-refractivity contribution in [2.75, 3.05) is 20.2 Å². The maximum atomic E-state index is 13.0. The van der Waals surface area contributed by atoms with Crippen LogP contribution in [-0.2, 0) is 11.3 Å². The zero-order valence-corrected chi connectivity index (χ0v) is 16.0. The van der Waals surface area contributed by atoms with E-state index in [1.807, 2.05) is 12.1 Å². The first-order valence-corrected chi connectivity index (χ1v) is 9.88. The number of nitrogens with one attached hydrogen (secondary N) is 1. The number of rotatable bonds is 4. The summed E-state index contributed by atoms with van der Waals surface area (Å²) in [5.41, 5.74) is 1.18. The third kappa shape index (κ3) is 2.88. The normalized spacial score (nSPS) is 27.6. The molecule has 0 spiro atoms. The lowest BCUT2D eigenvalue weighted by molar-refractivity contribution is -0.0377. The van der Waals surface area contributed by atoms with Crippen LogP contribution < -0.4 is 5.32 Å². The molecule has 0 radical (unpaired) electrons. The first-order chi connectivity index (χ1) is 12.0. The molecular formula is C20H26N2O2S. The fourth-order valence-corrected chi connectivity index (χ4v) is 5.65. The predicted octanol–water partition coefficient (Wildman–Crippen LogP) is 3.65. The molecule has 4 nitrogen and oxygen atoms in total. The van der Waals surface area contributed by atoms with Gasteiger partial charge in [0.2, 0.25) is 0 Å². The summed E-state index contributed by atoms with van der Waals surface area (Å²) in [7, 11) is 1.70. The zero-order valence-electron chi connectivity index (χ0n) is 15.2. The number of carbonyl (C=O) groups excluding carboxylic acids is 1. The summed E-state index contributed by atoms with van der Waals surface area (Å²) in [4.78, 5) is 16.3. The van der Waals surface area contributed by atoms with Crippen molar-refractivity contribution in [2.24, 2.45) is 5.92 Å². The highest BCUT2D eigenvalue weighted by atomic mass is 32.1. The van der Waals surface area contributed by atoms with Gasteiger partial charge in [0.25, 0.3) is 5.91 Å². The Bertz CT molecular complexity index is 790. The molecule has 1 aromatic carbocycles. The molecule has 0 unspecified atom stereocenters. The van der Waals surface area contributed by atoms with Crippen LogP contribution in [0, 0.1) is 5.92 Å². The van der Waals surface area contributed by atoms with Gasteiger partial charge in [-0.1, -0.05) is 18.2 Å². The molecule has 1 amide bonds. The fourth-order valence-electron chi connectivity index (χ4n) is 4.59. The lowest BCUT2D eigenvalue weighted by Gasteiger charge is -2.56. The molecule has 1 aromatic heterocycles. The first-order valence-electron chi connectivity index (χ1n) is 9.07. The smallest absolute Gasteiger partial charge is 0.261 e. The molecule has 3 fully saturated rings. The van der Waals surface area contributed by atoms with Crippen molar-refractivity contribution in [1.82, 2.24) is 10.2 Å². The number of hydrogen-bond acceptors (Lipinski definition) is 4. The summed E-state index contributed by atoms with van der Waals surface area (Å²) in [5.74, 6) is 0.666. The average molecular weight is 359 g/mol. The van der Waals surface area contributed by atoms with Gasteiger partial charge in [-0.25, -0.2) is 0 Å². The molecular weight excluding hydrogens is 332 g/mol. The number of carbonyl (C=O) groups is 1. The Hall–Kier alpha value is -1.43. The van der Waals surface area contributed by atoms with Crippen molar-refractivity contribution in [1.29, 1.82) is 0 Å². The molecule has 25 heavy (non-hydrogen) atoms. The lowest BCUT2D eigenvalue weighted by atomic mass is 9.72. The molecule has 3 saturated heterocycles. The monoisotopic (exact) mass is 358 g/mol. The van der Waals surface area contributed by atoms with Gasteiger partial charge in [0.05, 0.1) is 11.5 Å². The second-order valence-corrected chi connectivity index (χ2v) is 8.86. The van der Waals surface area contributed by atoms with Gasteiger partial charge in [-0.15, -0.1) is 11.3 Å². The quantitative estimate of drug-likeness (QED) is 0.907. The summed E-state index contributed by atoms with van der Waals surface area (Å²) in [6.45, 7) is 7.43. The van der Waals surface area contributed by atoms with E-state index in [0.29, 0.717) is 12.5 Å². The highest BCUT2D eigenvalue weighted by Gasteiger charge is 2.48. The van der Waals surface area contributed by atoms with Crippen molar-refractivity contribution in [3.63, 3.8) is 0 Å². The van der Waals surface area contributed by atoms with Crippen LogP contribution in [0.3, 0.4) is 0 Å². The SMILES string of the molecule is COCc1cccc2cc(C(=O)N[C@H]3C4CCN(CC4)C3(C)C)sc12. The largest absolute Gasteiger partial charge is 0.380 e. The summed E-state index contributed by atoms with van der Waals surface area (Å²) < 4.78 is 6.44. The predicted molar refractivity (Wildman–Crippen MR) is 102 cm³/mol. The molecule has 0 saturated carbocycles. The van der Waals surface area contributed by atoms with Crippen LogP contribution in [0.25, 0.3) is 10.1 Å². The fraction of sp³-hybridized carbons (Fsp3) is 0.550. The highest BCUT2D eigenvalue weighted by Crippen LogP contribution is 2.39. The van der Waals surface area contributed by atoms with E-state index in [2.05, 4.69) is 36.2 Å². The van der Waals surface area contributed by atoms with Crippen molar-refractivity contribution in [3.8, 4) is 0 Å². The molecule has 0 aliphatic carbocycles. The summed E-state index contributed by atoms with van der Waals surface area (Å²) in [5, 5.41) is 4.49. The number of fused-ring (bicyclic) bond motifs is 4. The Balaban J connectivity index is 1.59. The van der Waals surface area contributed by atoms with Gasteiger partial charge in [0.1, 0.15) is 0 Å². The third-order valence-electron chi connectivity index (χ3n) is 6.02. The molecule has 4 heterocycles. The number of ether oxygens (including phenoxy) is 1. The van der Waals surface area contributed by atoms with E-state index < -0.39 is 0 Å². The van der Waals surface area contributed by atoms with Gasteiger partial charge >= 0.3 is 0 Å². The second kappa shape index (κ2) is 6.38. The Labute approximate surface area is 153 Å². The first kappa shape index (κ1) is 17.0. The van der Waals surface area contributed by atoms with Gasteiger partial charge in [-0.3, -0.25) is 9.69 Å². The summed E-state index contributed by atoms with van der Waals surface area (Å²) in [6.07, 6.45) is 2.39. The van der Waals surface area contributed by atoms with Gasteiger partial charge in [-0.2, -0.15) is 0 Å². The number of nitrogens with zero attached hydrogens (tertiary/aromatic N) is 1. The van der Waals surface area contributed by atoms with E-state index in [-0.39, 0.29) is 17.5 Å². The van der Waals surface area contributed by atoms with E-state index in [4.69, 9.17) is 4.74 Å². The number of piperidine rings is 3. The summed E-state index contributed by atoms with van der Waals surface area (Å²) in [6, 6.07) is 8.41. The number of amides is 1. The van der Waals surface area contributed by atoms with Gasteiger partial charge in [-0.05, 0) is 62.7 Å². The molecule has 3 aliphatic heterocycles. The topological polar surface area (TPSA) is 41.6 Å². The van der Waals surface area contributed by atoms with Crippen LogP contribution in [0.5, 0.6) is 0 Å². The van der Waals surface area contributed by atoms with Gasteiger partial charge in [0.15, 0.2) is 0 Å². The molecule has 5 heteroatoms. The van der Waals surface area contributed by atoms with Crippen LogP contribution in [0.4, 0.5) is 0 Å². The van der Waals surface area contributed by atoms with E-state index >= 15 is 0 Å². The Morgan fingerprint density at radius 2 is 2.12 bits per heavy atom. The van der Waals surface area contributed by atoms with Crippen LogP contribution in [0.2, 0.25) is 0 Å². The molecule has 1 N–H and O–H groups in total. The zero-order chi connectivity index (χ0) is 17.6. The van der Waals surface area contributed by atoms with Crippen molar-refractivity contribution >= 4 is 27.3 Å². The third-order valence-corrected chi connectivity index (χ3v) is 7.25. The summed E-state index contributed by atoms with van der Waals surface area (Å²) >= 11 is 1.58. The second-order valence-electron chi connectivity index (χ2n) is 7.81. The Morgan fingerprint density at radius 1 is 1.36 bits per heavy atom. The molecule has 2 bridgehead atoms. The molecule has 5 rings (SSSR count). The number of methoxy groups -OCH3 is 1. The van der Waals surface area contributed by atoms with E-state index in [1.165, 1.54) is 12.8 Å². The van der Waals surface area contributed by atoms with Crippen LogP contribution in [0.1, 0.15) is 41.9 Å². The van der Waals surface area contributed by atoms with Crippen LogP contribution in [-0.4, -0.2) is 42.6 Å². The molecule has 1 atom stereocenters. The number of thiophene rings is 1. The number of benzene rings is 1. The molecule has 2 aromatic rings. The van der Waals surface area contributed by atoms with E-state index in [0.717, 1.165) is 33.6 Å². The molecule has 134 valence electrons. The maximum Gasteiger partial charge on any atom is 0.261 e. The van der Waals surface area contributed by atoms with Gasteiger partial charge < -0.3 is 10.1 Å². The Kier molecular flexibility index (Phi) is 4.34. The maximum absolute atomic E-state index is 13.0. The van der Waals surface area contributed by atoms with Crippen LogP contribution >= 0.6 is 11.3 Å². The minimum Gasteiger partial charge on any atom is -0.380 e. The minimum absolute atomic E-state index is 0.0364. The molecule has 3 aliphatic rings. The van der Waals surface area contributed by atoms with E-state index in [9.17, 15) is 4.79 Å². The van der Waals surface area contributed by atoms with Crippen LogP contribution in [0.15, 0.2) is 24.3 Å². The van der Waals surface area contributed by atoms with Crippen molar-refractivity contribution in [3.05, 3.63) is 34.7 Å². The van der Waals surface area contributed by atoms with Crippen molar-refractivity contribution < 1.29 is 9.53 Å². The highest BCUT2D eigenvalue weighted by molar-refractivity contribution is 7.21. The lowest BCUT2D eigenvalue weighted by Crippen LogP contribution is -2.69.